The molecule has 0 fully saturated rings. The Labute approximate surface area is 254 Å². The summed E-state index contributed by atoms with van der Waals surface area (Å²) in [6.45, 7) is 24.0. The highest BCUT2D eigenvalue weighted by Gasteiger charge is 2.11. The van der Waals surface area contributed by atoms with Crippen molar-refractivity contribution in [2.24, 2.45) is 35.5 Å². The first kappa shape index (κ1) is 37.2. The van der Waals surface area contributed by atoms with Crippen LogP contribution < -0.4 is 0 Å². The lowest BCUT2D eigenvalue weighted by atomic mass is 9.88. The van der Waals surface area contributed by atoms with Crippen LogP contribution in [0.4, 0.5) is 0 Å². The fourth-order valence-corrected chi connectivity index (χ4v) is 6.81. The summed E-state index contributed by atoms with van der Waals surface area (Å²) in [7, 11) is 0. The molecule has 0 aliphatic carbocycles. The number of rotatable bonds is 24. The molecule has 0 aliphatic rings. The molecule has 234 valence electrons. The predicted molar refractivity (Wildman–Crippen MR) is 184 cm³/mol. The Balaban J connectivity index is 2.02. The average molecular weight is 555 g/mol. The molecule has 0 bridgehead atoms. The standard InChI is InChI=1S/C40H74/c1-31(2)17-13-20-34(5)23-15-25-35(6)24-14-21-32(3)18-11-12-19-33(4)22-16-26-36(7)27-30-40-38(9)29-28-37(8)39(40)10/h28-29,31-36H,11-27,30H2,1-10H3. The number of hydrogen-bond acceptors (Lipinski definition) is 0. The maximum Gasteiger partial charge on any atom is -0.0271 e. The number of benzene rings is 1. The van der Waals surface area contributed by atoms with Gasteiger partial charge in [-0.15, -0.1) is 0 Å². The van der Waals surface area contributed by atoms with E-state index < -0.39 is 0 Å². The van der Waals surface area contributed by atoms with E-state index in [1.54, 1.807) is 5.56 Å². The van der Waals surface area contributed by atoms with E-state index in [4.69, 9.17) is 0 Å². The zero-order valence-electron chi connectivity index (χ0n) is 29.3. The maximum absolute atomic E-state index is 2.51. The van der Waals surface area contributed by atoms with Gasteiger partial charge in [0.15, 0.2) is 0 Å². The van der Waals surface area contributed by atoms with Crippen LogP contribution in [0.15, 0.2) is 12.1 Å². The van der Waals surface area contributed by atoms with Crippen molar-refractivity contribution in [2.75, 3.05) is 0 Å². The third-order valence-electron chi connectivity index (χ3n) is 10.3. The maximum atomic E-state index is 2.51. The number of unbranched alkanes of at least 4 members (excludes halogenated alkanes) is 1. The second-order valence-electron chi connectivity index (χ2n) is 15.3. The molecule has 0 heterocycles. The second-order valence-corrected chi connectivity index (χ2v) is 15.3. The van der Waals surface area contributed by atoms with Gasteiger partial charge in [-0.3, -0.25) is 0 Å². The summed E-state index contributed by atoms with van der Waals surface area (Å²) in [6, 6.07) is 4.59. The molecule has 40 heavy (non-hydrogen) atoms. The molecule has 0 aromatic heterocycles. The Morgan fingerprint density at radius 2 is 0.725 bits per heavy atom. The van der Waals surface area contributed by atoms with Gasteiger partial charge in [0.25, 0.3) is 0 Å². The smallest absolute Gasteiger partial charge is 0.0271 e. The third kappa shape index (κ3) is 17.9. The van der Waals surface area contributed by atoms with E-state index >= 15 is 0 Å². The zero-order chi connectivity index (χ0) is 29.9. The van der Waals surface area contributed by atoms with Gasteiger partial charge in [-0.05, 0) is 91.4 Å². The summed E-state index contributed by atoms with van der Waals surface area (Å²) in [6.07, 6.45) is 25.6. The van der Waals surface area contributed by atoms with Gasteiger partial charge in [0.1, 0.15) is 0 Å². The largest absolute Gasteiger partial charge is 0.0628 e. The number of aryl methyl sites for hydroxylation is 2. The molecule has 0 aliphatic heterocycles. The summed E-state index contributed by atoms with van der Waals surface area (Å²) in [4.78, 5) is 0. The minimum atomic E-state index is 0.846. The van der Waals surface area contributed by atoms with Crippen LogP contribution in [0.2, 0.25) is 0 Å². The lowest BCUT2D eigenvalue weighted by Gasteiger charge is -2.17. The highest BCUT2D eigenvalue weighted by atomic mass is 14.2. The minimum Gasteiger partial charge on any atom is -0.0628 e. The van der Waals surface area contributed by atoms with Gasteiger partial charge >= 0.3 is 0 Å². The van der Waals surface area contributed by atoms with Crippen LogP contribution in [0.5, 0.6) is 0 Å². The van der Waals surface area contributed by atoms with Crippen molar-refractivity contribution < 1.29 is 0 Å². The lowest BCUT2D eigenvalue weighted by molar-refractivity contribution is 0.365. The second kappa shape index (κ2) is 21.9. The monoisotopic (exact) mass is 555 g/mol. The van der Waals surface area contributed by atoms with Crippen LogP contribution in [0.3, 0.4) is 0 Å². The van der Waals surface area contributed by atoms with Gasteiger partial charge in [0.2, 0.25) is 0 Å². The Hall–Kier alpha value is -0.780. The summed E-state index contributed by atoms with van der Waals surface area (Å²) in [5, 5.41) is 0. The minimum absolute atomic E-state index is 0.846. The molecule has 1 aromatic rings. The van der Waals surface area contributed by atoms with Crippen LogP contribution >= 0.6 is 0 Å². The fraction of sp³-hybridized carbons (Fsp3) is 0.850. The molecule has 1 aromatic carbocycles. The normalized spacial score (nSPS) is 15.8. The average Bonchev–Trinajstić information content (AvgIpc) is 2.88. The third-order valence-corrected chi connectivity index (χ3v) is 10.3. The summed E-state index contributed by atoms with van der Waals surface area (Å²) in [5.41, 5.74) is 6.06. The molecule has 0 radical (unpaired) electrons. The Kier molecular flexibility index (Phi) is 20.4. The highest BCUT2D eigenvalue weighted by molar-refractivity contribution is 5.39. The molecule has 0 nitrogen and oxygen atoms in total. The topological polar surface area (TPSA) is 0 Å². The Morgan fingerprint density at radius 3 is 1.12 bits per heavy atom. The quantitative estimate of drug-likeness (QED) is 0.111. The first-order chi connectivity index (χ1) is 19.0. The van der Waals surface area contributed by atoms with Crippen molar-refractivity contribution in [3.63, 3.8) is 0 Å². The zero-order valence-corrected chi connectivity index (χ0v) is 29.3. The molecule has 0 amide bonds. The SMILES string of the molecule is Cc1ccc(C)c(CCC(C)CCCC(C)CCCCC(C)CCCC(C)CCCC(C)CCCC(C)C)c1C. The van der Waals surface area contributed by atoms with E-state index in [2.05, 4.69) is 81.4 Å². The van der Waals surface area contributed by atoms with Gasteiger partial charge in [0.05, 0.1) is 0 Å². The van der Waals surface area contributed by atoms with E-state index in [1.807, 2.05) is 0 Å². The molecule has 0 saturated carbocycles. The first-order valence-electron chi connectivity index (χ1n) is 18.0. The van der Waals surface area contributed by atoms with Crippen LogP contribution in [0, 0.1) is 56.3 Å². The van der Waals surface area contributed by atoms with E-state index in [9.17, 15) is 0 Å². The lowest BCUT2D eigenvalue weighted by Crippen LogP contribution is -2.03. The fourth-order valence-electron chi connectivity index (χ4n) is 6.81. The van der Waals surface area contributed by atoms with Crippen LogP contribution in [0.25, 0.3) is 0 Å². The van der Waals surface area contributed by atoms with Crippen molar-refractivity contribution in [1.29, 1.82) is 0 Å². The molecule has 0 saturated heterocycles. The predicted octanol–water partition coefficient (Wildman–Crippen LogP) is 13.6. The van der Waals surface area contributed by atoms with E-state index in [1.165, 1.54) is 132 Å². The molecule has 5 unspecified atom stereocenters. The summed E-state index contributed by atoms with van der Waals surface area (Å²) < 4.78 is 0. The van der Waals surface area contributed by atoms with Crippen molar-refractivity contribution in [2.45, 2.75) is 185 Å². The van der Waals surface area contributed by atoms with Crippen molar-refractivity contribution in [1.82, 2.24) is 0 Å². The Morgan fingerprint density at radius 1 is 0.400 bits per heavy atom. The van der Waals surface area contributed by atoms with Crippen LogP contribution in [-0.2, 0) is 6.42 Å². The van der Waals surface area contributed by atoms with Gasteiger partial charge < -0.3 is 0 Å². The van der Waals surface area contributed by atoms with Crippen molar-refractivity contribution in [3.05, 3.63) is 34.4 Å². The molecular formula is C40H74. The summed E-state index contributed by atoms with van der Waals surface area (Å²) >= 11 is 0. The van der Waals surface area contributed by atoms with Crippen molar-refractivity contribution >= 4 is 0 Å². The molecule has 5 atom stereocenters. The Bertz CT molecular complexity index is 743. The van der Waals surface area contributed by atoms with E-state index in [-0.39, 0.29) is 0 Å². The van der Waals surface area contributed by atoms with Gasteiger partial charge in [-0.2, -0.15) is 0 Å². The summed E-state index contributed by atoms with van der Waals surface area (Å²) in [5.74, 6) is 5.40. The highest BCUT2D eigenvalue weighted by Crippen LogP contribution is 2.26. The van der Waals surface area contributed by atoms with Crippen LogP contribution in [-0.4, -0.2) is 0 Å². The van der Waals surface area contributed by atoms with Gasteiger partial charge in [0, 0.05) is 0 Å². The molecule has 0 heteroatoms. The van der Waals surface area contributed by atoms with Crippen molar-refractivity contribution in [3.8, 4) is 0 Å². The molecule has 0 N–H and O–H groups in total. The molecule has 1 rings (SSSR count). The van der Waals surface area contributed by atoms with Gasteiger partial charge in [-0.1, -0.05) is 163 Å². The van der Waals surface area contributed by atoms with Gasteiger partial charge in [-0.25, -0.2) is 0 Å². The molecule has 0 spiro atoms. The van der Waals surface area contributed by atoms with E-state index in [0.717, 1.165) is 35.5 Å². The first-order valence-corrected chi connectivity index (χ1v) is 18.0. The van der Waals surface area contributed by atoms with E-state index in [0.29, 0.717) is 0 Å². The number of hydrogen-bond donors (Lipinski definition) is 0. The van der Waals surface area contributed by atoms with Crippen LogP contribution in [0.1, 0.15) is 180 Å². The molecular weight excluding hydrogens is 480 g/mol.